The number of hydrogen-bond donors (Lipinski definition) is 1. The highest BCUT2D eigenvalue weighted by molar-refractivity contribution is 5.46. The molecule has 136 valence electrons. The molecule has 0 amide bonds. The van der Waals surface area contributed by atoms with Crippen molar-refractivity contribution in [3.05, 3.63) is 84.9 Å². The molecule has 0 bridgehead atoms. The van der Waals surface area contributed by atoms with Gasteiger partial charge in [-0.3, -0.25) is 4.79 Å². The molecule has 0 radical (unpaired) electrons. The first kappa shape index (κ1) is 20.8. The number of phenols is 1. The Bertz CT molecular complexity index is 690. The van der Waals surface area contributed by atoms with E-state index in [4.69, 9.17) is 9.84 Å². The number of aromatic hydroxyl groups is 1. The fraction of sp³-hybridized carbons (Fsp3) is 0.136. The average molecular weight is 352 g/mol. The topological polar surface area (TPSA) is 55.8 Å². The predicted molar refractivity (Wildman–Crippen MR) is 104 cm³/mol. The van der Waals surface area contributed by atoms with Crippen molar-refractivity contribution in [3.63, 3.8) is 0 Å². The minimum Gasteiger partial charge on any atom is -0.508 e. The Labute approximate surface area is 154 Å². The van der Waals surface area contributed by atoms with Gasteiger partial charge in [-0.2, -0.15) is 0 Å². The molecule has 3 rings (SSSR count). The lowest BCUT2D eigenvalue weighted by Gasteiger charge is -2.03. The van der Waals surface area contributed by atoms with Gasteiger partial charge in [-0.05, 0) is 36.4 Å². The Balaban J connectivity index is 0.000000233. The number of hydrogen-bond acceptors (Lipinski definition) is 4. The molecule has 4 heteroatoms. The largest absolute Gasteiger partial charge is 0.508 e. The van der Waals surface area contributed by atoms with Gasteiger partial charge in [-0.15, -0.1) is 0 Å². The van der Waals surface area contributed by atoms with Crippen LogP contribution in [0.4, 0.5) is 0 Å². The Kier molecular flexibility index (Phi) is 10.4. The summed E-state index contributed by atoms with van der Waals surface area (Å²) in [6.07, 6.45) is 1.25. The molecule has 0 aliphatic heterocycles. The van der Waals surface area contributed by atoms with E-state index in [-0.39, 0.29) is 5.75 Å². The number of para-hydroxylation sites is 2. The molecule has 3 aromatic carbocycles. The fourth-order valence-corrected chi connectivity index (χ4v) is 1.73. The second kappa shape index (κ2) is 13.1. The molecule has 0 aliphatic carbocycles. The van der Waals surface area contributed by atoms with Crippen molar-refractivity contribution >= 4 is 6.47 Å². The molecule has 4 nitrogen and oxygen atoms in total. The number of carbonyl (C=O) groups is 1. The summed E-state index contributed by atoms with van der Waals surface area (Å²) in [6, 6.07) is 25.5. The molecule has 0 atom stereocenters. The lowest BCUT2D eigenvalue weighted by molar-refractivity contribution is -0.120. The highest BCUT2D eigenvalue weighted by Gasteiger charge is 1.93. The van der Waals surface area contributed by atoms with Crippen LogP contribution in [-0.2, 0) is 4.79 Å². The third kappa shape index (κ3) is 9.13. The summed E-state index contributed by atoms with van der Waals surface area (Å²) in [7, 11) is 0. The second-order valence-corrected chi connectivity index (χ2v) is 5.15. The molecule has 0 spiro atoms. The van der Waals surface area contributed by atoms with Gasteiger partial charge in [-0.25, -0.2) is 0 Å². The van der Waals surface area contributed by atoms with Gasteiger partial charge in [0.05, 0.1) is 0 Å². The van der Waals surface area contributed by atoms with Crippen LogP contribution in [0.5, 0.6) is 23.0 Å². The quantitative estimate of drug-likeness (QED) is 0.601. The van der Waals surface area contributed by atoms with Crippen LogP contribution >= 0.6 is 0 Å². The van der Waals surface area contributed by atoms with Crippen LogP contribution in [0, 0.1) is 0 Å². The molecule has 1 N–H and O–H groups in total. The normalized spacial score (nSPS) is 8.85. The van der Waals surface area contributed by atoms with Crippen LogP contribution in [-0.4, -0.2) is 11.6 Å². The van der Waals surface area contributed by atoms with Gasteiger partial charge >= 0.3 is 0 Å². The SMILES string of the molecule is CCC.O=COc1cccc(O)c1.c1ccc(Oc2ccccc2)cc1. The molecular weight excluding hydrogens is 328 g/mol. The van der Waals surface area contributed by atoms with Gasteiger partial charge in [0.2, 0.25) is 0 Å². The van der Waals surface area contributed by atoms with Gasteiger partial charge in [0.25, 0.3) is 6.47 Å². The molecule has 0 saturated heterocycles. The number of ether oxygens (including phenoxy) is 2. The lowest BCUT2D eigenvalue weighted by atomic mass is 10.3. The molecule has 0 unspecified atom stereocenters. The Morgan fingerprint density at radius 1 is 0.769 bits per heavy atom. The van der Waals surface area contributed by atoms with Crippen LogP contribution in [0.1, 0.15) is 20.3 Å². The van der Waals surface area contributed by atoms with Gasteiger partial charge in [0, 0.05) is 6.07 Å². The maximum atomic E-state index is 9.78. The second-order valence-electron chi connectivity index (χ2n) is 5.15. The van der Waals surface area contributed by atoms with Gasteiger partial charge in [-0.1, -0.05) is 62.7 Å². The first-order valence-corrected chi connectivity index (χ1v) is 8.36. The summed E-state index contributed by atoms with van der Waals surface area (Å²) in [5, 5.41) is 8.84. The van der Waals surface area contributed by atoms with Crippen molar-refractivity contribution in [2.75, 3.05) is 0 Å². The van der Waals surface area contributed by atoms with E-state index in [2.05, 4.69) is 18.6 Å². The van der Waals surface area contributed by atoms with E-state index in [1.165, 1.54) is 18.6 Å². The van der Waals surface area contributed by atoms with E-state index in [1.54, 1.807) is 12.1 Å². The van der Waals surface area contributed by atoms with E-state index in [0.717, 1.165) is 11.5 Å². The predicted octanol–water partition coefficient (Wildman–Crippen LogP) is 5.82. The van der Waals surface area contributed by atoms with Crippen LogP contribution in [0.25, 0.3) is 0 Å². The highest BCUT2D eigenvalue weighted by Crippen LogP contribution is 2.19. The fourth-order valence-electron chi connectivity index (χ4n) is 1.73. The number of carbonyl (C=O) groups excluding carboxylic acids is 1. The van der Waals surface area contributed by atoms with Crippen molar-refractivity contribution in [1.29, 1.82) is 0 Å². The van der Waals surface area contributed by atoms with Crippen molar-refractivity contribution in [2.24, 2.45) is 0 Å². The van der Waals surface area contributed by atoms with E-state index in [0.29, 0.717) is 12.2 Å². The zero-order chi connectivity index (χ0) is 19.0. The third-order valence-electron chi connectivity index (χ3n) is 2.72. The number of rotatable bonds is 4. The van der Waals surface area contributed by atoms with E-state index >= 15 is 0 Å². The Hall–Kier alpha value is -3.27. The number of benzene rings is 3. The summed E-state index contributed by atoms with van der Waals surface area (Å²) < 4.78 is 10.0. The van der Waals surface area contributed by atoms with Crippen LogP contribution in [0.15, 0.2) is 84.9 Å². The molecule has 0 heterocycles. The maximum absolute atomic E-state index is 9.78. The van der Waals surface area contributed by atoms with Gasteiger partial charge < -0.3 is 14.6 Å². The first-order valence-electron chi connectivity index (χ1n) is 8.36. The minimum atomic E-state index is 0.0827. The lowest BCUT2D eigenvalue weighted by Crippen LogP contribution is -1.86. The van der Waals surface area contributed by atoms with Crippen molar-refractivity contribution in [1.82, 2.24) is 0 Å². The zero-order valence-electron chi connectivity index (χ0n) is 15.0. The molecule has 0 aromatic heterocycles. The Morgan fingerprint density at radius 2 is 1.23 bits per heavy atom. The smallest absolute Gasteiger partial charge is 0.298 e. The van der Waals surface area contributed by atoms with Crippen LogP contribution in [0.3, 0.4) is 0 Å². The standard InChI is InChI=1S/C12H10O.C7H6O3.C3H8/c1-3-7-11(8-4-1)13-12-9-5-2-6-10-12;8-5-10-7-3-1-2-6(9)4-7;1-3-2/h1-10H;1-5,9H;3H2,1-2H3. The molecule has 26 heavy (non-hydrogen) atoms. The zero-order valence-corrected chi connectivity index (χ0v) is 15.0. The van der Waals surface area contributed by atoms with Crippen LogP contribution in [0.2, 0.25) is 0 Å². The monoisotopic (exact) mass is 352 g/mol. The summed E-state index contributed by atoms with van der Waals surface area (Å²) in [4.78, 5) is 9.78. The highest BCUT2D eigenvalue weighted by atomic mass is 16.5. The molecule has 0 fully saturated rings. The summed E-state index contributed by atoms with van der Waals surface area (Å²) in [6.45, 7) is 4.56. The van der Waals surface area contributed by atoms with Gasteiger partial charge in [0.15, 0.2) is 0 Å². The van der Waals surface area contributed by atoms with E-state index < -0.39 is 0 Å². The third-order valence-corrected chi connectivity index (χ3v) is 2.72. The molecule has 0 aliphatic rings. The first-order chi connectivity index (χ1) is 12.7. The molecule has 3 aromatic rings. The van der Waals surface area contributed by atoms with E-state index in [1.807, 2.05) is 60.7 Å². The average Bonchev–Trinajstić information content (AvgIpc) is 2.65. The van der Waals surface area contributed by atoms with Gasteiger partial charge in [0.1, 0.15) is 23.0 Å². The summed E-state index contributed by atoms with van der Waals surface area (Å²) in [5.41, 5.74) is 0. The molecule has 0 saturated carbocycles. The van der Waals surface area contributed by atoms with Crippen LogP contribution < -0.4 is 9.47 Å². The van der Waals surface area contributed by atoms with Crippen molar-refractivity contribution < 1.29 is 19.4 Å². The Morgan fingerprint density at radius 3 is 1.65 bits per heavy atom. The number of phenolic OH excluding ortho intramolecular Hbond substituents is 1. The van der Waals surface area contributed by atoms with Crippen molar-refractivity contribution in [2.45, 2.75) is 20.3 Å². The maximum Gasteiger partial charge on any atom is 0.298 e. The minimum absolute atomic E-state index is 0.0827. The van der Waals surface area contributed by atoms with E-state index in [9.17, 15) is 4.79 Å². The summed E-state index contributed by atoms with van der Waals surface area (Å²) >= 11 is 0. The molecular formula is C22H24O4. The van der Waals surface area contributed by atoms with Crippen molar-refractivity contribution in [3.8, 4) is 23.0 Å². The summed E-state index contributed by atoms with van der Waals surface area (Å²) in [5.74, 6) is 2.16.